The SMILES string of the molecule is Cc1sc2ncnc(SCC(=O)OCC(=O)NC[C@H]3CCCO3)c2c1C. The average Bonchev–Trinajstić information content (AvgIpc) is 3.25. The summed E-state index contributed by atoms with van der Waals surface area (Å²) in [6.45, 7) is 4.99. The highest BCUT2D eigenvalue weighted by molar-refractivity contribution is 8.00. The third kappa shape index (κ3) is 4.72. The number of esters is 1. The van der Waals surface area contributed by atoms with Gasteiger partial charge in [-0.15, -0.1) is 11.3 Å². The number of aromatic nitrogens is 2. The summed E-state index contributed by atoms with van der Waals surface area (Å²) in [5.41, 5.74) is 1.13. The van der Waals surface area contributed by atoms with Gasteiger partial charge >= 0.3 is 5.97 Å². The van der Waals surface area contributed by atoms with Crippen LogP contribution < -0.4 is 5.32 Å². The van der Waals surface area contributed by atoms with Crippen molar-refractivity contribution in [2.24, 2.45) is 0 Å². The van der Waals surface area contributed by atoms with Gasteiger partial charge in [0.25, 0.3) is 5.91 Å². The zero-order chi connectivity index (χ0) is 18.5. The van der Waals surface area contributed by atoms with Crippen LogP contribution in [0.1, 0.15) is 23.3 Å². The van der Waals surface area contributed by atoms with E-state index >= 15 is 0 Å². The number of carbonyl (C=O) groups excluding carboxylic acids is 2. The van der Waals surface area contributed by atoms with Crippen LogP contribution in [0.3, 0.4) is 0 Å². The molecule has 0 unspecified atom stereocenters. The number of amides is 1. The minimum absolute atomic E-state index is 0.0719. The van der Waals surface area contributed by atoms with E-state index in [0.29, 0.717) is 6.54 Å². The van der Waals surface area contributed by atoms with Gasteiger partial charge in [-0.2, -0.15) is 0 Å². The second kappa shape index (κ2) is 8.79. The average molecular weight is 396 g/mol. The Bertz CT molecular complexity index is 803. The van der Waals surface area contributed by atoms with Crippen molar-refractivity contribution in [3.8, 4) is 0 Å². The first kappa shape index (κ1) is 19.1. The number of nitrogens with one attached hydrogen (secondary N) is 1. The summed E-state index contributed by atoms with van der Waals surface area (Å²) in [7, 11) is 0. The van der Waals surface area contributed by atoms with Crippen LogP contribution in [0.25, 0.3) is 10.2 Å². The summed E-state index contributed by atoms with van der Waals surface area (Å²) in [5, 5.41) is 4.47. The number of aryl methyl sites for hydroxylation is 2. The maximum atomic E-state index is 11.9. The van der Waals surface area contributed by atoms with Crippen LogP contribution >= 0.6 is 23.1 Å². The summed E-state index contributed by atoms with van der Waals surface area (Å²) < 4.78 is 10.5. The molecule has 7 nitrogen and oxygen atoms in total. The lowest BCUT2D eigenvalue weighted by atomic mass is 10.2. The maximum Gasteiger partial charge on any atom is 0.316 e. The highest BCUT2D eigenvalue weighted by Crippen LogP contribution is 2.34. The first-order chi connectivity index (χ1) is 12.5. The van der Waals surface area contributed by atoms with E-state index in [0.717, 1.165) is 40.3 Å². The summed E-state index contributed by atoms with van der Waals surface area (Å²) in [6.07, 6.45) is 3.55. The molecular weight excluding hydrogens is 374 g/mol. The zero-order valence-corrected chi connectivity index (χ0v) is 16.4. The molecule has 3 rings (SSSR count). The first-order valence-electron chi connectivity index (χ1n) is 8.42. The third-order valence-electron chi connectivity index (χ3n) is 4.17. The molecule has 0 saturated carbocycles. The van der Waals surface area contributed by atoms with Crippen LogP contribution in [0, 0.1) is 13.8 Å². The lowest BCUT2D eigenvalue weighted by Crippen LogP contribution is -2.35. The number of fused-ring (bicyclic) bond motifs is 1. The lowest BCUT2D eigenvalue weighted by Gasteiger charge is -2.11. The second-order valence-corrected chi connectivity index (χ2v) is 8.20. The summed E-state index contributed by atoms with van der Waals surface area (Å²) in [5.74, 6) is -0.661. The van der Waals surface area contributed by atoms with Crippen molar-refractivity contribution in [1.82, 2.24) is 15.3 Å². The third-order valence-corrected chi connectivity index (χ3v) is 6.25. The molecule has 3 heterocycles. The van der Waals surface area contributed by atoms with Gasteiger partial charge in [-0.25, -0.2) is 9.97 Å². The Morgan fingerprint density at radius 1 is 1.42 bits per heavy atom. The second-order valence-electron chi connectivity index (χ2n) is 6.03. The van der Waals surface area contributed by atoms with Crippen LogP contribution in [0.2, 0.25) is 0 Å². The monoisotopic (exact) mass is 395 g/mol. The molecule has 1 fully saturated rings. The van der Waals surface area contributed by atoms with E-state index in [4.69, 9.17) is 9.47 Å². The summed E-state index contributed by atoms with van der Waals surface area (Å²) >= 11 is 2.91. The van der Waals surface area contributed by atoms with E-state index in [1.165, 1.54) is 23.0 Å². The minimum Gasteiger partial charge on any atom is -0.455 e. The molecule has 9 heteroatoms. The normalized spacial score (nSPS) is 16.8. The molecule has 1 N–H and O–H groups in total. The van der Waals surface area contributed by atoms with Crippen LogP contribution in [0.4, 0.5) is 0 Å². The molecule has 0 aliphatic carbocycles. The van der Waals surface area contributed by atoms with Crippen molar-refractivity contribution in [3.05, 3.63) is 16.8 Å². The quantitative estimate of drug-likeness (QED) is 0.437. The van der Waals surface area contributed by atoms with Gasteiger partial charge in [0.2, 0.25) is 0 Å². The fourth-order valence-electron chi connectivity index (χ4n) is 2.66. The van der Waals surface area contributed by atoms with Crippen molar-refractivity contribution in [2.75, 3.05) is 25.5 Å². The predicted octanol–water partition coefficient (Wildman–Crippen LogP) is 2.24. The Hall–Kier alpha value is -1.71. The number of nitrogens with zero attached hydrogens (tertiary/aromatic N) is 2. The number of thioether (sulfide) groups is 1. The molecule has 26 heavy (non-hydrogen) atoms. The van der Waals surface area contributed by atoms with E-state index in [1.54, 1.807) is 11.3 Å². The molecule has 0 spiro atoms. The number of hydrogen-bond donors (Lipinski definition) is 1. The first-order valence-corrected chi connectivity index (χ1v) is 10.2. The van der Waals surface area contributed by atoms with Crippen molar-refractivity contribution < 1.29 is 19.1 Å². The fourth-order valence-corrected chi connectivity index (χ4v) is 4.57. The van der Waals surface area contributed by atoms with Crippen molar-refractivity contribution in [2.45, 2.75) is 37.8 Å². The largest absolute Gasteiger partial charge is 0.455 e. The maximum absolute atomic E-state index is 11.9. The Balaban J connectivity index is 1.45. The number of carbonyl (C=O) groups is 2. The van der Waals surface area contributed by atoms with E-state index in [9.17, 15) is 9.59 Å². The molecule has 0 bridgehead atoms. The molecule has 1 amide bonds. The van der Waals surface area contributed by atoms with E-state index < -0.39 is 5.97 Å². The van der Waals surface area contributed by atoms with Crippen molar-refractivity contribution in [1.29, 1.82) is 0 Å². The van der Waals surface area contributed by atoms with Gasteiger partial charge in [-0.05, 0) is 32.3 Å². The van der Waals surface area contributed by atoms with E-state index in [-0.39, 0.29) is 24.4 Å². The van der Waals surface area contributed by atoms with E-state index in [1.807, 2.05) is 13.8 Å². The number of ether oxygens (including phenoxy) is 2. The standard InChI is InChI=1S/C17H21N3O4S2/c1-10-11(2)26-17-15(10)16(19-9-20-17)25-8-14(22)24-7-13(21)18-6-12-4-3-5-23-12/h9,12H,3-8H2,1-2H3,(H,18,21)/t12-/m1/s1. The highest BCUT2D eigenvalue weighted by Gasteiger charge is 2.17. The van der Waals surface area contributed by atoms with Gasteiger partial charge in [0, 0.05) is 23.4 Å². The van der Waals surface area contributed by atoms with Crippen LogP contribution in [-0.4, -0.2) is 53.5 Å². The molecule has 0 radical (unpaired) electrons. The molecule has 140 valence electrons. The number of thiophene rings is 1. The van der Waals surface area contributed by atoms with Gasteiger partial charge in [0.1, 0.15) is 16.2 Å². The fraction of sp³-hybridized carbons (Fsp3) is 0.529. The van der Waals surface area contributed by atoms with Crippen LogP contribution in [0.5, 0.6) is 0 Å². The molecule has 0 aromatic carbocycles. The lowest BCUT2D eigenvalue weighted by molar-refractivity contribution is -0.146. The number of hydrogen-bond acceptors (Lipinski definition) is 8. The highest BCUT2D eigenvalue weighted by atomic mass is 32.2. The van der Waals surface area contributed by atoms with Gasteiger partial charge in [0.05, 0.1) is 11.9 Å². The van der Waals surface area contributed by atoms with Crippen LogP contribution in [0.15, 0.2) is 11.4 Å². The number of rotatable bonds is 7. The Morgan fingerprint density at radius 3 is 3.04 bits per heavy atom. The summed E-state index contributed by atoms with van der Waals surface area (Å²) in [6, 6.07) is 0. The van der Waals surface area contributed by atoms with Crippen LogP contribution in [-0.2, 0) is 19.1 Å². The molecule has 2 aromatic heterocycles. The topological polar surface area (TPSA) is 90.4 Å². The molecule has 1 atom stereocenters. The Morgan fingerprint density at radius 2 is 2.27 bits per heavy atom. The molecular formula is C17H21N3O4S2. The predicted molar refractivity (Wildman–Crippen MR) is 101 cm³/mol. The van der Waals surface area contributed by atoms with Crippen molar-refractivity contribution in [3.63, 3.8) is 0 Å². The van der Waals surface area contributed by atoms with Gasteiger partial charge in [-0.1, -0.05) is 11.8 Å². The molecule has 1 aliphatic rings. The van der Waals surface area contributed by atoms with Gasteiger partial charge in [0.15, 0.2) is 6.61 Å². The van der Waals surface area contributed by atoms with Gasteiger partial charge < -0.3 is 14.8 Å². The summed E-state index contributed by atoms with van der Waals surface area (Å²) in [4.78, 5) is 34.3. The Kier molecular flexibility index (Phi) is 6.44. The van der Waals surface area contributed by atoms with Gasteiger partial charge in [-0.3, -0.25) is 9.59 Å². The molecule has 1 aliphatic heterocycles. The minimum atomic E-state index is -0.446. The molecule has 1 saturated heterocycles. The smallest absolute Gasteiger partial charge is 0.316 e. The van der Waals surface area contributed by atoms with E-state index in [2.05, 4.69) is 15.3 Å². The molecule has 2 aromatic rings. The Labute approximate surface area is 159 Å². The zero-order valence-electron chi connectivity index (χ0n) is 14.7. The van der Waals surface area contributed by atoms with Crippen molar-refractivity contribution >= 4 is 45.2 Å².